The van der Waals surface area contributed by atoms with Crippen LogP contribution >= 0.6 is 11.6 Å². The highest BCUT2D eigenvalue weighted by Gasteiger charge is 2.15. The van der Waals surface area contributed by atoms with Gasteiger partial charge in [0.25, 0.3) is 0 Å². The molecule has 1 N–H and O–H groups in total. The van der Waals surface area contributed by atoms with Crippen LogP contribution in [0.15, 0.2) is 12.1 Å². The average Bonchev–Trinajstić information content (AvgIpc) is 2.32. The van der Waals surface area contributed by atoms with E-state index < -0.39 is 6.04 Å². The number of carbonyl (C=O) groups is 1. The van der Waals surface area contributed by atoms with E-state index in [0.717, 1.165) is 5.56 Å². The van der Waals surface area contributed by atoms with Crippen LogP contribution < -0.4 is 10.1 Å². The zero-order valence-electron chi connectivity index (χ0n) is 10.3. The summed E-state index contributed by atoms with van der Waals surface area (Å²) in [6.45, 7) is 3.60. The average molecular weight is 258 g/mol. The van der Waals surface area contributed by atoms with Gasteiger partial charge in [0.2, 0.25) is 0 Å². The molecule has 0 saturated heterocycles. The van der Waals surface area contributed by atoms with Crippen molar-refractivity contribution < 1.29 is 14.3 Å². The summed E-state index contributed by atoms with van der Waals surface area (Å²) in [4.78, 5) is 11.3. The van der Waals surface area contributed by atoms with Crippen LogP contribution in [0.3, 0.4) is 0 Å². The minimum atomic E-state index is -0.450. The van der Waals surface area contributed by atoms with Crippen molar-refractivity contribution in [1.82, 2.24) is 0 Å². The number of nitrogens with one attached hydrogen (secondary N) is 1. The number of esters is 1. The predicted octanol–water partition coefficient (Wildman–Crippen LogP) is 2.63. The molecule has 0 aliphatic heterocycles. The van der Waals surface area contributed by atoms with E-state index in [1.807, 2.05) is 13.0 Å². The van der Waals surface area contributed by atoms with Gasteiger partial charge in [-0.05, 0) is 25.5 Å². The minimum absolute atomic E-state index is 0.334. The number of hydrogen-bond acceptors (Lipinski definition) is 4. The van der Waals surface area contributed by atoms with Gasteiger partial charge in [-0.15, -0.1) is 0 Å². The number of hydrogen-bond donors (Lipinski definition) is 1. The summed E-state index contributed by atoms with van der Waals surface area (Å²) in [7, 11) is 2.90. The van der Waals surface area contributed by atoms with Gasteiger partial charge in [0.1, 0.15) is 11.8 Å². The van der Waals surface area contributed by atoms with Crippen molar-refractivity contribution in [2.24, 2.45) is 0 Å². The van der Waals surface area contributed by atoms with Gasteiger partial charge in [-0.2, -0.15) is 0 Å². The number of carbonyl (C=O) groups excluding carboxylic acids is 1. The van der Waals surface area contributed by atoms with Gasteiger partial charge < -0.3 is 14.8 Å². The SMILES string of the molecule is COC(=O)[C@@H](C)Nc1cc(C)c(Cl)cc1OC. The molecule has 4 nitrogen and oxygen atoms in total. The van der Waals surface area contributed by atoms with Crippen molar-refractivity contribution in [2.45, 2.75) is 19.9 Å². The number of anilines is 1. The molecule has 0 spiro atoms. The van der Waals surface area contributed by atoms with E-state index >= 15 is 0 Å². The molecular weight excluding hydrogens is 242 g/mol. The third kappa shape index (κ3) is 3.27. The smallest absolute Gasteiger partial charge is 0.327 e. The van der Waals surface area contributed by atoms with Crippen molar-refractivity contribution in [1.29, 1.82) is 0 Å². The van der Waals surface area contributed by atoms with Crippen LogP contribution in [0.5, 0.6) is 5.75 Å². The predicted molar refractivity (Wildman–Crippen MR) is 67.8 cm³/mol. The van der Waals surface area contributed by atoms with Crippen LogP contribution in [0.1, 0.15) is 12.5 Å². The Morgan fingerprint density at radius 1 is 1.41 bits per heavy atom. The number of rotatable bonds is 4. The van der Waals surface area contributed by atoms with Gasteiger partial charge in [0, 0.05) is 11.1 Å². The van der Waals surface area contributed by atoms with Crippen LogP contribution in [-0.2, 0) is 9.53 Å². The molecule has 0 fully saturated rings. The van der Waals surface area contributed by atoms with E-state index in [9.17, 15) is 4.79 Å². The summed E-state index contributed by atoms with van der Waals surface area (Å²) in [6.07, 6.45) is 0. The van der Waals surface area contributed by atoms with Crippen LogP contribution in [0.25, 0.3) is 0 Å². The van der Waals surface area contributed by atoms with Gasteiger partial charge in [-0.1, -0.05) is 11.6 Å². The first kappa shape index (κ1) is 13.6. The van der Waals surface area contributed by atoms with Crippen LogP contribution in [0.4, 0.5) is 5.69 Å². The highest BCUT2D eigenvalue weighted by molar-refractivity contribution is 6.31. The van der Waals surface area contributed by atoms with Crippen LogP contribution in [0.2, 0.25) is 5.02 Å². The van der Waals surface area contributed by atoms with Gasteiger partial charge in [0.05, 0.1) is 19.9 Å². The Morgan fingerprint density at radius 3 is 2.59 bits per heavy atom. The lowest BCUT2D eigenvalue weighted by Gasteiger charge is -2.16. The largest absolute Gasteiger partial charge is 0.495 e. The number of methoxy groups -OCH3 is 2. The van der Waals surface area contributed by atoms with Crippen LogP contribution in [0, 0.1) is 6.92 Å². The fraction of sp³-hybridized carbons (Fsp3) is 0.417. The fourth-order valence-electron chi connectivity index (χ4n) is 1.41. The van der Waals surface area contributed by atoms with E-state index in [1.165, 1.54) is 7.11 Å². The van der Waals surface area contributed by atoms with E-state index in [0.29, 0.717) is 16.5 Å². The minimum Gasteiger partial charge on any atom is -0.495 e. The normalized spacial score (nSPS) is 11.8. The maximum atomic E-state index is 11.3. The Balaban J connectivity index is 2.97. The third-order valence-corrected chi connectivity index (χ3v) is 2.81. The zero-order chi connectivity index (χ0) is 13.0. The maximum Gasteiger partial charge on any atom is 0.327 e. The lowest BCUT2D eigenvalue weighted by atomic mass is 10.2. The Labute approximate surface area is 106 Å². The monoisotopic (exact) mass is 257 g/mol. The summed E-state index contributed by atoms with van der Waals surface area (Å²) < 4.78 is 9.84. The van der Waals surface area contributed by atoms with Gasteiger partial charge in [-0.25, -0.2) is 4.79 Å². The van der Waals surface area contributed by atoms with Gasteiger partial charge >= 0.3 is 5.97 Å². The Morgan fingerprint density at radius 2 is 2.06 bits per heavy atom. The molecule has 0 heterocycles. The molecule has 0 aliphatic rings. The molecule has 1 rings (SSSR count). The van der Waals surface area contributed by atoms with Crippen molar-refractivity contribution in [3.8, 4) is 5.75 Å². The molecule has 0 saturated carbocycles. The second-order valence-electron chi connectivity index (χ2n) is 3.69. The highest BCUT2D eigenvalue weighted by Crippen LogP contribution is 2.31. The second kappa shape index (κ2) is 5.77. The molecule has 17 heavy (non-hydrogen) atoms. The summed E-state index contributed by atoms with van der Waals surface area (Å²) in [6, 6.07) is 3.10. The summed E-state index contributed by atoms with van der Waals surface area (Å²) >= 11 is 5.99. The number of ether oxygens (including phenoxy) is 2. The molecule has 0 amide bonds. The number of benzene rings is 1. The standard InChI is InChI=1S/C12H16ClNO3/c1-7-5-10(11(16-3)6-9(7)13)14-8(2)12(15)17-4/h5-6,8,14H,1-4H3/t8-/m1/s1. The first-order chi connectivity index (χ1) is 7.99. The summed E-state index contributed by atoms with van der Waals surface area (Å²) in [5, 5.41) is 3.65. The molecule has 5 heteroatoms. The van der Waals surface area contributed by atoms with Crippen LogP contribution in [-0.4, -0.2) is 26.2 Å². The molecule has 0 unspecified atom stereocenters. The molecule has 0 bridgehead atoms. The first-order valence-electron chi connectivity index (χ1n) is 5.18. The molecule has 0 radical (unpaired) electrons. The third-order valence-electron chi connectivity index (χ3n) is 2.41. The van der Waals surface area contributed by atoms with Crippen molar-refractivity contribution in [2.75, 3.05) is 19.5 Å². The van der Waals surface area contributed by atoms with E-state index in [1.54, 1.807) is 20.1 Å². The van der Waals surface area contributed by atoms with E-state index in [-0.39, 0.29) is 5.97 Å². The molecule has 1 aromatic carbocycles. The van der Waals surface area contributed by atoms with E-state index in [4.69, 9.17) is 16.3 Å². The fourth-order valence-corrected chi connectivity index (χ4v) is 1.57. The topological polar surface area (TPSA) is 47.6 Å². The maximum absolute atomic E-state index is 11.3. The molecule has 0 aromatic heterocycles. The lowest BCUT2D eigenvalue weighted by Crippen LogP contribution is -2.27. The Bertz CT molecular complexity index is 420. The second-order valence-corrected chi connectivity index (χ2v) is 4.10. The summed E-state index contributed by atoms with van der Waals surface area (Å²) in [5.74, 6) is 0.260. The number of halogens is 1. The van der Waals surface area contributed by atoms with E-state index in [2.05, 4.69) is 10.1 Å². The first-order valence-corrected chi connectivity index (χ1v) is 5.56. The highest BCUT2D eigenvalue weighted by atomic mass is 35.5. The van der Waals surface area contributed by atoms with Crippen molar-refractivity contribution >= 4 is 23.3 Å². The molecule has 94 valence electrons. The van der Waals surface area contributed by atoms with Crippen molar-refractivity contribution in [3.63, 3.8) is 0 Å². The number of aryl methyl sites for hydroxylation is 1. The van der Waals surface area contributed by atoms with Crippen molar-refractivity contribution in [3.05, 3.63) is 22.7 Å². The molecule has 0 aliphatic carbocycles. The Hall–Kier alpha value is -1.42. The van der Waals surface area contributed by atoms with Gasteiger partial charge in [-0.3, -0.25) is 0 Å². The molecule has 1 atom stereocenters. The molecular formula is C12H16ClNO3. The quantitative estimate of drug-likeness (QED) is 0.843. The lowest BCUT2D eigenvalue weighted by molar-refractivity contribution is -0.141. The Kier molecular flexibility index (Phi) is 4.63. The molecule has 1 aromatic rings. The summed E-state index contributed by atoms with van der Waals surface area (Å²) in [5.41, 5.74) is 1.62. The van der Waals surface area contributed by atoms with Gasteiger partial charge in [0.15, 0.2) is 0 Å². The zero-order valence-corrected chi connectivity index (χ0v) is 11.1.